The fraction of sp³-hybridized carbons (Fsp3) is 0.375. The van der Waals surface area contributed by atoms with Gasteiger partial charge in [-0.2, -0.15) is 0 Å². The van der Waals surface area contributed by atoms with Crippen molar-refractivity contribution in [3.05, 3.63) is 24.2 Å². The molecule has 0 atom stereocenters. The number of carbonyl (C=O) groups excluding carboxylic acids is 1. The molecule has 1 aromatic heterocycles. The minimum absolute atomic E-state index is 0.205. The van der Waals surface area contributed by atoms with Crippen LogP contribution in [0.2, 0.25) is 0 Å². The van der Waals surface area contributed by atoms with Crippen molar-refractivity contribution in [3.63, 3.8) is 0 Å². The van der Waals surface area contributed by atoms with E-state index in [4.69, 9.17) is 4.42 Å². The number of Topliss-reactive ketones (excluding diaryl/α,β-unsaturated/α-hetero) is 1. The van der Waals surface area contributed by atoms with Gasteiger partial charge in [-0.05, 0) is 19.1 Å². The standard InChI is InChI=1S/C8H10O2/c1-7(9)4-5-8-3-2-6-10-8/h2-3,6H,4-5H2,1H3. The fourth-order valence-corrected chi connectivity index (χ4v) is 0.754. The summed E-state index contributed by atoms with van der Waals surface area (Å²) in [4.78, 5) is 10.5. The van der Waals surface area contributed by atoms with Crippen molar-refractivity contribution in [1.29, 1.82) is 0 Å². The zero-order valence-electron chi connectivity index (χ0n) is 5.96. The molecule has 0 saturated heterocycles. The summed E-state index contributed by atoms with van der Waals surface area (Å²) in [5.74, 6) is 1.09. The predicted octanol–water partition coefficient (Wildman–Crippen LogP) is 1.80. The summed E-state index contributed by atoms with van der Waals surface area (Å²) in [7, 11) is 0. The Kier molecular flexibility index (Phi) is 2.26. The van der Waals surface area contributed by atoms with Crippen LogP contribution in [0.25, 0.3) is 0 Å². The summed E-state index contributed by atoms with van der Waals surface area (Å²) in [6.07, 6.45) is 2.92. The number of ketones is 1. The zero-order valence-corrected chi connectivity index (χ0v) is 5.96. The Morgan fingerprint density at radius 3 is 3.00 bits per heavy atom. The molecule has 2 heteroatoms. The first-order chi connectivity index (χ1) is 4.79. The molecule has 0 amide bonds. The maximum Gasteiger partial charge on any atom is 0.130 e. The van der Waals surface area contributed by atoms with Crippen LogP contribution < -0.4 is 0 Å². The third-order valence-electron chi connectivity index (χ3n) is 1.30. The Balaban J connectivity index is 2.35. The largest absolute Gasteiger partial charge is 0.469 e. The Bertz CT molecular complexity index is 199. The molecule has 0 radical (unpaired) electrons. The summed E-state index contributed by atoms with van der Waals surface area (Å²) in [6.45, 7) is 1.59. The molecule has 0 aliphatic heterocycles. The molecule has 0 N–H and O–H groups in total. The highest BCUT2D eigenvalue weighted by Gasteiger charge is 1.97. The first-order valence-electron chi connectivity index (χ1n) is 3.31. The highest BCUT2D eigenvalue weighted by molar-refractivity contribution is 5.75. The normalized spacial score (nSPS) is 9.70. The van der Waals surface area contributed by atoms with Crippen LogP contribution in [-0.4, -0.2) is 5.78 Å². The van der Waals surface area contributed by atoms with Crippen molar-refractivity contribution >= 4 is 5.78 Å². The molecular formula is C8H10O2. The highest BCUT2D eigenvalue weighted by atomic mass is 16.3. The number of carbonyl (C=O) groups is 1. The molecule has 0 aliphatic rings. The van der Waals surface area contributed by atoms with E-state index in [-0.39, 0.29) is 5.78 Å². The van der Waals surface area contributed by atoms with Crippen molar-refractivity contribution in [2.75, 3.05) is 0 Å². The van der Waals surface area contributed by atoms with Crippen LogP contribution in [-0.2, 0) is 11.2 Å². The van der Waals surface area contributed by atoms with Crippen molar-refractivity contribution in [1.82, 2.24) is 0 Å². The van der Waals surface area contributed by atoms with Crippen molar-refractivity contribution in [2.45, 2.75) is 19.8 Å². The molecule has 1 aromatic rings. The minimum Gasteiger partial charge on any atom is -0.469 e. The fourth-order valence-electron chi connectivity index (χ4n) is 0.754. The second-order valence-corrected chi connectivity index (χ2v) is 2.28. The molecule has 1 rings (SSSR count). The Labute approximate surface area is 59.8 Å². The molecule has 0 spiro atoms. The Hall–Kier alpha value is -1.05. The van der Waals surface area contributed by atoms with Gasteiger partial charge in [-0.25, -0.2) is 0 Å². The van der Waals surface area contributed by atoms with Gasteiger partial charge >= 0.3 is 0 Å². The zero-order chi connectivity index (χ0) is 7.40. The van der Waals surface area contributed by atoms with Crippen LogP contribution >= 0.6 is 0 Å². The number of hydrogen-bond acceptors (Lipinski definition) is 2. The van der Waals surface area contributed by atoms with Gasteiger partial charge in [-0.1, -0.05) is 0 Å². The number of aryl methyl sites for hydroxylation is 1. The molecule has 0 fully saturated rings. The van der Waals surface area contributed by atoms with Gasteiger partial charge in [0.15, 0.2) is 0 Å². The van der Waals surface area contributed by atoms with E-state index in [1.807, 2.05) is 12.1 Å². The molecule has 0 aliphatic carbocycles. The molecule has 0 unspecified atom stereocenters. The molecule has 0 bridgehead atoms. The summed E-state index contributed by atoms with van der Waals surface area (Å²) >= 11 is 0. The van der Waals surface area contributed by atoms with Crippen molar-refractivity contribution in [3.8, 4) is 0 Å². The van der Waals surface area contributed by atoms with Gasteiger partial charge in [0.05, 0.1) is 6.26 Å². The molecule has 54 valence electrons. The molecule has 2 nitrogen and oxygen atoms in total. The second-order valence-electron chi connectivity index (χ2n) is 2.28. The molecule has 10 heavy (non-hydrogen) atoms. The van der Waals surface area contributed by atoms with Crippen LogP contribution in [0, 0.1) is 0 Å². The third-order valence-corrected chi connectivity index (χ3v) is 1.30. The van der Waals surface area contributed by atoms with E-state index in [9.17, 15) is 4.79 Å². The smallest absolute Gasteiger partial charge is 0.130 e. The maximum absolute atomic E-state index is 10.5. The summed E-state index contributed by atoms with van der Waals surface area (Å²) < 4.78 is 5.03. The number of rotatable bonds is 3. The van der Waals surface area contributed by atoms with Gasteiger partial charge in [-0.15, -0.1) is 0 Å². The van der Waals surface area contributed by atoms with Crippen LogP contribution in [0.15, 0.2) is 22.8 Å². The summed E-state index contributed by atoms with van der Waals surface area (Å²) in [5, 5.41) is 0. The van der Waals surface area contributed by atoms with Crippen molar-refractivity contribution < 1.29 is 9.21 Å². The lowest BCUT2D eigenvalue weighted by atomic mass is 10.2. The minimum atomic E-state index is 0.205. The molecule has 0 saturated carbocycles. The van der Waals surface area contributed by atoms with E-state index in [0.29, 0.717) is 6.42 Å². The Morgan fingerprint density at radius 1 is 1.70 bits per heavy atom. The average molecular weight is 138 g/mol. The van der Waals surface area contributed by atoms with Crippen LogP contribution in [0.3, 0.4) is 0 Å². The van der Waals surface area contributed by atoms with E-state index in [0.717, 1.165) is 12.2 Å². The van der Waals surface area contributed by atoms with Crippen LogP contribution in [0.5, 0.6) is 0 Å². The monoisotopic (exact) mass is 138 g/mol. The predicted molar refractivity (Wildman–Crippen MR) is 37.7 cm³/mol. The molecule has 1 heterocycles. The van der Waals surface area contributed by atoms with Gasteiger partial charge in [0.1, 0.15) is 11.5 Å². The van der Waals surface area contributed by atoms with E-state index >= 15 is 0 Å². The molecular weight excluding hydrogens is 128 g/mol. The lowest BCUT2D eigenvalue weighted by molar-refractivity contribution is -0.117. The average Bonchev–Trinajstić information content (AvgIpc) is 2.34. The van der Waals surface area contributed by atoms with Gasteiger partial charge in [-0.3, -0.25) is 0 Å². The van der Waals surface area contributed by atoms with Gasteiger partial charge < -0.3 is 9.21 Å². The Morgan fingerprint density at radius 2 is 2.50 bits per heavy atom. The van der Waals surface area contributed by atoms with Crippen molar-refractivity contribution in [2.24, 2.45) is 0 Å². The van der Waals surface area contributed by atoms with E-state index in [1.165, 1.54) is 0 Å². The quantitative estimate of drug-likeness (QED) is 0.637. The second kappa shape index (κ2) is 3.20. The maximum atomic E-state index is 10.5. The third kappa shape index (κ3) is 2.05. The SMILES string of the molecule is CC(=O)CCc1ccco1. The van der Waals surface area contributed by atoms with Crippen LogP contribution in [0.4, 0.5) is 0 Å². The van der Waals surface area contributed by atoms with E-state index in [2.05, 4.69) is 0 Å². The summed E-state index contributed by atoms with van der Waals surface area (Å²) in [5.41, 5.74) is 0. The van der Waals surface area contributed by atoms with Gasteiger partial charge in [0.25, 0.3) is 0 Å². The lowest BCUT2D eigenvalue weighted by Gasteiger charge is -1.90. The topological polar surface area (TPSA) is 30.2 Å². The summed E-state index contributed by atoms with van der Waals surface area (Å²) in [6, 6.07) is 3.71. The molecule has 0 aromatic carbocycles. The highest BCUT2D eigenvalue weighted by Crippen LogP contribution is 2.03. The van der Waals surface area contributed by atoms with Crippen LogP contribution in [0.1, 0.15) is 19.1 Å². The first-order valence-corrected chi connectivity index (χ1v) is 3.31. The number of furan rings is 1. The first kappa shape index (κ1) is 7.06. The van der Waals surface area contributed by atoms with Gasteiger partial charge in [0.2, 0.25) is 0 Å². The van der Waals surface area contributed by atoms with E-state index in [1.54, 1.807) is 13.2 Å². The number of hydrogen-bond donors (Lipinski definition) is 0. The van der Waals surface area contributed by atoms with Gasteiger partial charge in [0, 0.05) is 12.8 Å². The van der Waals surface area contributed by atoms with E-state index < -0.39 is 0 Å². The lowest BCUT2D eigenvalue weighted by Crippen LogP contribution is -1.91.